The molecule has 0 saturated heterocycles. The van der Waals surface area contributed by atoms with Gasteiger partial charge in [-0.3, -0.25) is 0 Å². The summed E-state index contributed by atoms with van der Waals surface area (Å²) in [6.45, 7) is 2.35. The molecule has 1 unspecified atom stereocenters. The summed E-state index contributed by atoms with van der Waals surface area (Å²) in [5.74, 6) is 1.03. The van der Waals surface area contributed by atoms with E-state index in [2.05, 4.69) is 12.2 Å². The van der Waals surface area contributed by atoms with Gasteiger partial charge in [0, 0.05) is 12.1 Å². The first-order valence-corrected chi connectivity index (χ1v) is 7.16. The van der Waals surface area contributed by atoms with Gasteiger partial charge in [0.1, 0.15) is 0 Å². The Labute approximate surface area is 95.0 Å². The monoisotopic (exact) mass is 209 g/mol. The highest BCUT2D eigenvalue weighted by molar-refractivity contribution is 4.87. The van der Waals surface area contributed by atoms with E-state index in [1.165, 1.54) is 64.2 Å². The third kappa shape index (κ3) is 3.79. The zero-order valence-corrected chi connectivity index (χ0v) is 10.3. The lowest BCUT2D eigenvalue weighted by Crippen LogP contribution is -2.39. The Morgan fingerprint density at radius 3 is 2.07 bits per heavy atom. The Hall–Kier alpha value is -0.0400. The van der Waals surface area contributed by atoms with E-state index >= 15 is 0 Å². The molecule has 1 atom stereocenters. The van der Waals surface area contributed by atoms with Gasteiger partial charge in [0.05, 0.1) is 0 Å². The molecule has 15 heavy (non-hydrogen) atoms. The highest BCUT2D eigenvalue weighted by Gasteiger charge is 2.30. The fraction of sp³-hybridized carbons (Fsp3) is 1.00. The van der Waals surface area contributed by atoms with Crippen LogP contribution in [0.4, 0.5) is 0 Å². The minimum Gasteiger partial charge on any atom is -0.311 e. The van der Waals surface area contributed by atoms with Crippen LogP contribution in [0, 0.1) is 5.92 Å². The molecule has 1 N–H and O–H groups in total. The predicted octanol–water partition coefficient (Wildman–Crippen LogP) is 3.88. The van der Waals surface area contributed by atoms with Gasteiger partial charge in [-0.15, -0.1) is 0 Å². The highest BCUT2D eigenvalue weighted by Crippen LogP contribution is 2.34. The van der Waals surface area contributed by atoms with Gasteiger partial charge < -0.3 is 5.32 Å². The molecule has 0 aromatic carbocycles. The zero-order chi connectivity index (χ0) is 10.5. The van der Waals surface area contributed by atoms with E-state index in [-0.39, 0.29) is 0 Å². The number of hydrogen-bond acceptors (Lipinski definition) is 1. The van der Waals surface area contributed by atoms with Crippen LogP contribution in [0.3, 0.4) is 0 Å². The van der Waals surface area contributed by atoms with Crippen molar-refractivity contribution >= 4 is 0 Å². The van der Waals surface area contributed by atoms with Crippen LogP contribution >= 0.6 is 0 Å². The minimum atomic E-state index is 0.842. The summed E-state index contributed by atoms with van der Waals surface area (Å²) < 4.78 is 0. The van der Waals surface area contributed by atoms with E-state index in [9.17, 15) is 0 Å². The number of hydrogen-bond donors (Lipinski definition) is 1. The highest BCUT2D eigenvalue weighted by atomic mass is 15.0. The fourth-order valence-corrected chi connectivity index (χ4v) is 3.01. The molecular formula is C14H27N. The second-order valence-corrected chi connectivity index (χ2v) is 5.56. The second kappa shape index (κ2) is 5.89. The lowest BCUT2D eigenvalue weighted by atomic mass is 9.95. The van der Waals surface area contributed by atoms with Crippen molar-refractivity contribution in [2.45, 2.75) is 83.2 Å². The summed E-state index contributed by atoms with van der Waals surface area (Å²) >= 11 is 0. The van der Waals surface area contributed by atoms with Crippen molar-refractivity contribution in [3.63, 3.8) is 0 Å². The third-order valence-electron chi connectivity index (χ3n) is 4.19. The maximum atomic E-state index is 3.94. The maximum absolute atomic E-state index is 3.94. The van der Waals surface area contributed by atoms with Crippen LogP contribution in [0.15, 0.2) is 0 Å². The first-order valence-electron chi connectivity index (χ1n) is 7.16. The van der Waals surface area contributed by atoms with E-state index in [0.29, 0.717) is 0 Å². The van der Waals surface area contributed by atoms with Crippen molar-refractivity contribution in [1.82, 2.24) is 5.32 Å². The van der Waals surface area contributed by atoms with Crippen LogP contribution in [-0.4, -0.2) is 12.1 Å². The predicted molar refractivity (Wildman–Crippen MR) is 66.0 cm³/mol. The number of nitrogens with one attached hydrogen (secondary N) is 1. The summed E-state index contributed by atoms with van der Waals surface area (Å²) in [7, 11) is 0. The van der Waals surface area contributed by atoms with Gasteiger partial charge in [0.25, 0.3) is 0 Å². The van der Waals surface area contributed by atoms with Crippen LogP contribution in [0.2, 0.25) is 0 Å². The zero-order valence-electron chi connectivity index (χ0n) is 10.3. The molecule has 2 aliphatic carbocycles. The lowest BCUT2D eigenvalue weighted by Gasteiger charge is -2.26. The molecule has 0 radical (unpaired) electrons. The molecule has 0 aromatic rings. The molecule has 2 saturated carbocycles. The normalized spacial score (nSPS) is 27.0. The molecule has 1 heteroatoms. The second-order valence-electron chi connectivity index (χ2n) is 5.56. The largest absolute Gasteiger partial charge is 0.311 e. The van der Waals surface area contributed by atoms with E-state index in [1.807, 2.05) is 0 Å². The summed E-state index contributed by atoms with van der Waals surface area (Å²) in [6, 6.07) is 1.69. The topological polar surface area (TPSA) is 12.0 Å². The van der Waals surface area contributed by atoms with Crippen LogP contribution in [0.25, 0.3) is 0 Å². The molecule has 2 aliphatic rings. The Balaban J connectivity index is 1.74. The average Bonchev–Trinajstić information content (AvgIpc) is 3.00. The molecule has 0 bridgehead atoms. The molecule has 1 nitrogen and oxygen atoms in total. The molecule has 0 amide bonds. The van der Waals surface area contributed by atoms with Crippen LogP contribution < -0.4 is 5.32 Å². The summed E-state index contributed by atoms with van der Waals surface area (Å²) in [4.78, 5) is 0. The van der Waals surface area contributed by atoms with Gasteiger partial charge in [-0.1, -0.05) is 39.0 Å². The van der Waals surface area contributed by atoms with Crippen molar-refractivity contribution in [2.75, 3.05) is 0 Å². The molecule has 2 fully saturated rings. The molecule has 2 rings (SSSR count). The summed E-state index contributed by atoms with van der Waals surface area (Å²) in [5, 5.41) is 3.94. The van der Waals surface area contributed by atoms with Gasteiger partial charge in [-0.2, -0.15) is 0 Å². The van der Waals surface area contributed by atoms with Crippen LogP contribution in [-0.2, 0) is 0 Å². The van der Waals surface area contributed by atoms with Crippen molar-refractivity contribution in [2.24, 2.45) is 5.92 Å². The van der Waals surface area contributed by atoms with E-state index in [4.69, 9.17) is 0 Å². The lowest BCUT2D eigenvalue weighted by molar-refractivity contribution is 0.328. The SMILES string of the molecule is CCC(NC1CCCCCCC1)C1CC1. The van der Waals surface area contributed by atoms with Gasteiger partial charge in [-0.05, 0) is 38.0 Å². The quantitative estimate of drug-likeness (QED) is 0.741. The summed E-state index contributed by atoms with van der Waals surface area (Å²) in [5.41, 5.74) is 0. The molecule has 88 valence electrons. The Bertz CT molecular complexity index is 166. The van der Waals surface area contributed by atoms with Crippen LogP contribution in [0.1, 0.15) is 71.1 Å². The minimum absolute atomic E-state index is 0.842. The van der Waals surface area contributed by atoms with E-state index in [1.54, 1.807) is 0 Å². The van der Waals surface area contributed by atoms with Gasteiger partial charge in [0.2, 0.25) is 0 Å². The first-order chi connectivity index (χ1) is 7.40. The Morgan fingerprint density at radius 2 is 1.53 bits per heavy atom. The molecular weight excluding hydrogens is 182 g/mol. The molecule has 0 aromatic heterocycles. The van der Waals surface area contributed by atoms with Crippen molar-refractivity contribution in [3.05, 3.63) is 0 Å². The third-order valence-corrected chi connectivity index (χ3v) is 4.19. The molecule has 0 heterocycles. The molecule has 0 spiro atoms. The fourth-order valence-electron chi connectivity index (χ4n) is 3.01. The standard InChI is InChI=1S/C14H27N/c1-2-14(12-10-11-12)15-13-8-6-4-3-5-7-9-13/h12-15H,2-11H2,1H3. The van der Waals surface area contributed by atoms with Crippen molar-refractivity contribution in [3.8, 4) is 0 Å². The van der Waals surface area contributed by atoms with Crippen LogP contribution in [0.5, 0.6) is 0 Å². The summed E-state index contributed by atoms with van der Waals surface area (Å²) in [6.07, 6.45) is 14.5. The van der Waals surface area contributed by atoms with Gasteiger partial charge >= 0.3 is 0 Å². The average molecular weight is 209 g/mol. The van der Waals surface area contributed by atoms with Crippen molar-refractivity contribution < 1.29 is 0 Å². The van der Waals surface area contributed by atoms with Crippen molar-refractivity contribution in [1.29, 1.82) is 0 Å². The maximum Gasteiger partial charge on any atom is 0.00952 e. The molecule has 0 aliphatic heterocycles. The van der Waals surface area contributed by atoms with E-state index in [0.717, 1.165) is 18.0 Å². The van der Waals surface area contributed by atoms with E-state index < -0.39 is 0 Å². The Kier molecular flexibility index (Phi) is 4.49. The van der Waals surface area contributed by atoms with Gasteiger partial charge in [0.15, 0.2) is 0 Å². The van der Waals surface area contributed by atoms with Gasteiger partial charge in [-0.25, -0.2) is 0 Å². The smallest absolute Gasteiger partial charge is 0.00952 e. The Morgan fingerprint density at radius 1 is 0.933 bits per heavy atom. The first kappa shape index (κ1) is 11.4. The number of rotatable bonds is 4.